The molecule has 10 heteroatoms. The summed E-state index contributed by atoms with van der Waals surface area (Å²) in [6.45, 7) is -0.315. The van der Waals surface area contributed by atoms with E-state index >= 15 is 0 Å². The van der Waals surface area contributed by atoms with Gasteiger partial charge >= 0.3 is 11.9 Å². The topological polar surface area (TPSA) is 147 Å². The minimum atomic E-state index is -4.80. The second kappa shape index (κ2) is 11.4. The Morgan fingerprint density at radius 2 is 1.41 bits per heavy atom. The van der Waals surface area contributed by atoms with Gasteiger partial charge in [-0.15, -0.1) is 0 Å². The number of hydrogen-bond acceptors (Lipinski definition) is 8. The van der Waals surface area contributed by atoms with Crippen molar-refractivity contribution < 1.29 is 42.2 Å². The predicted octanol–water partition coefficient (Wildman–Crippen LogP) is -0.736. The van der Waals surface area contributed by atoms with Gasteiger partial charge < -0.3 is 19.7 Å². The highest BCUT2D eigenvalue weighted by Gasteiger charge is 2.35. The summed E-state index contributed by atoms with van der Waals surface area (Å²) >= 11 is 0. The molecule has 1 atom stereocenters. The van der Waals surface area contributed by atoms with Crippen molar-refractivity contribution >= 4 is 22.1 Å². The molecule has 0 aliphatic rings. The van der Waals surface area contributed by atoms with Crippen LogP contribution in [0.25, 0.3) is 0 Å². The van der Waals surface area contributed by atoms with Crippen molar-refractivity contribution in [2.75, 3.05) is 26.4 Å². The minimum absolute atomic E-state index is 0.0247. The second-order valence-electron chi connectivity index (χ2n) is 4.46. The van der Waals surface area contributed by atoms with Crippen LogP contribution < -0.4 is 0 Å². The van der Waals surface area contributed by atoms with Crippen molar-refractivity contribution in [2.45, 2.75) is 37.4 Å². The number of carbonyl (C=O) groups excluding carboxylic acids is 2. The number of unbranched alkanes of at least 4 members (excludes halogenated alkanes) is 2. The van der Waals surface area contributed by atoms with Gasteiger partial charge in [0.2, 0.25) is 0 Å². The highest BCUT2D eigenvalue weighted by Crippen LogP contribution is 2.09. The van der Waals surface area contributed by atoms with Gasteiger partial charge in [-0.25, -0.2) is 0 Å². The van der Waals surface area contributed by atoms with Crippen molar-refractivity contribution in [1.82, 2.24) is 0 Å². The molecule has 0 saturated carbocycles. The summed E-state index contributed by atoms with van der Waals surface area (Å²) < 4.78 is 40.6. The van der Waals surface area contributed by atoms with E-state index < -0.39 is 33.7 Å². The molecule has 0 aliphatic heterocycles. The van der Waals surface area contributed by atoms with Gasteiger partial charge in [0.1, 0.15) is 0 Å². The van der Waals surface area contributed by atoms with Crippen LogP contribution in [0.15, 0.2) is 0 Å². The standard InChI is InChI=1S/C12H22O9S/c13-5-1-3-7-20-11(15)9-10(22(17,18)19)12(16)21-8-4-2-6-14/h10,13-14H,1-9H2,(H,17,18,19). The molecule has 3 N–H and O–H groups in total. The van der Waals surface area contributed by atoms with Crippen LogP contribution in [-0.2, 0) is 29.2 Å². The van der Waals surface area contributed by atoms with E-state index in [1.807, 2.05) is 0 Å². The Morgan fingerprint density at radius 3 is 1.86 bits per heavy atom. The van der Waals surface area contributed by atoms with E-state index in [0.29, 0.717) is 25.7 Å². The molecule has 0 aromatic carbocycles. The van der Waals surface area contributed by atoms with Crippen molar-refractivity contribution in [1.29, 1.82) is 0 Å². The zero-order chi connectivity index (χ0) is 17.0. The van der Waals surface area contributed by atoms with E-state index in [-0.39, 0.29) is 26.4 Å². The highest BCUT2D eigenvalue weighted by atomic mass is 32.2. The van der Waals surface area contributed by atoms with E-state index in [1.54, 1.807) is 0 Å². The number of aliphatic hydroxyl groups is 2. The smallest absolute Gasteiger partial charge is 0.327 e. The summed E-state index contributed by atoms with van der Waals surface area (Å²) in [6, 6.07) is 0. The van der Waals surface area contributed by atoms with Crippen molar-refractivity contribution in [3.8, 4) is 0 Å². The number of hydrogen-bond donors (Lipinski definition) is 3. The molecular weight excluding hydrogens is 320 g/mol. The van der Waals surface area contributed by atoms with Gasteiger partial charge in [-0.1, -0.05) is 0 Å². The first-order chi connectivity index (χ1) is 10.3. The molecule has 0 bridgehead atoms. The van der Waals surface area contributed by atoms with Crippen LogP contribution in [0.2, 0.25) is 0 Å². The largest absolute Gasteiger partial charge is 0.466 e. The molecule has 0 aromatic heterocycles. The van der Waals surface area contributed by atoms with Crippen LogP contribution in [-0.4, -0.2) is 66.8 Å². The maximum atomic E-state index is 11.6. The Bertz CT molecular complexity index is 432. The molecule has 0 aliphatic carbocycles. The summed E-state index contributed by atoms with van der Waals surface area (Å²) in [5.74, 6) is -2.21. The number of aliphatic hydroxyl groups excluding tert-OH is 2. The van der Waals surface area contributed by atoms with Gasteiger partial charge in [-0.05, 0) is 25.7 Å². The molecule has 0 rings (SSSR count). The SMILES string of the molecule is O=C(CC(C(=O)OCCCCO)S(=O)(=O)O)OCCCCO. The number of rotatable bonds is 12. The third-order valence-electron chi connectivity index (χ3n) is 2.59. The zero-order valence-corrected chi connectivity index (χ0v) is 13.0. The van der Waals surface area contributed by atoms with Crippen molar-refractivity contribution in [3.05, 3.63) is 0 Å². The quantitative estimate of drug-likeness (QED) is 0.237. The van der Waals surface area contributed by atoms with E-state index in [2.05, 4.69) is 4.74 Å². The fourth-order valence-electron chi connectivity index (χ4n) is 1.40. The van der Waals surface area contributed by atoms with Gasteiger partial charge in [0.15, 0.2) is 5.25 Å². The average molecular weight is 342 g/mol. The van der Waals surface area contributed by atoms with Crippen LogP contribution in [0.4, 0.5) is 0 Å². The van der Waals surface area contributed by atoms with E-state index in [0.717, 1.165) is 0 Å². The molecule has 0 fully saturated rings. The Kier molecular flexibility index (Phi) is 10.7. The first kappa shape index (κ1) is 20.8. The molecule has 0 saturated heterocycles. The predicted molar refractivity (Wildman–Crippen MR) is 74.5 cm³/mol. The molecule has 0 amide bonds. The normalized spacial score (nSPS) is 12.7. The summed E-state index contributed by atoms with van der Waals surface area (Å²) in [5, 5.41) is 15.1. The zero-order valence-electron chi connectivity index (χ0n) is 12.1. The summed E-state index contributed by atoms with van der Waals surface area (Å²) in [6.07, 6.45) is 0.659. The third-order valence-corrected chi connectivity index (χ3v) is 3.66. The van der Waals surface area contributed by atoms with Gasteiger partial charge in [0, 0.05) is 13.2 Å². The molecule has 1 unspecified atom stereocenters. The second-order valence-corrected chi connectivity index (χ2v) is 6.06. The average Bonchev–Trinajstić information content (AvgIpc) is 2.44. The molecule has 9 nitrogen and oxygen atoms in total. The van der Waals surface area contributed by atoms with Gasteiger partial charge in [0.25, 0.3) is 10.1 Å². The Hall–Kier alpha value is -1.23. The lowest BCUT2D eigenvalue weighted by molar-refractivity contribution is -0.150. The maximum Gasteiger partial charge on any atom is 0.327 e. The maximum absolute atomic E-state index is 11.6. The van der Waals surface area contributed by atoms with Crippen LogP contribution in [0.1, 0.15) is 32.1 Å². The Balaban J connectivity index is 4.40. The molecule has 130 valence electrons. The summed E-state index contributed by atoms with van der Waals surface area (Å²) in [4.78, 5) is 23.0. The summed E-state index contributed by atoms with van der Waals surface area (Å²) in [5.41, 5.74) is 0. The first-order valence-electron chi connectivity index (χ1n) is 6.83. The van der Waals surface area contributed by atoms with Crippen molar-refractivity contribution in [2.24, 2.45) is 0 Å². The minimum Gasteiger partial charge on any atom is -0.466 e. The Morgan fingerprint density at radius 1 is 0.909 bits per heavy atom. The fourth-order valence-corrected chi connectivity index (χ4v) is 2.06. The molecule has 0 radical (unpaired) electrons. The Labute approximate surface area is 129 Å². The van der Waals surface area contributed by atoms with Crippen molar-refractivity contribution in [3.63, 3.8) is 0 Å². The van der Waals surface area contributed by atoms with Gasteiger partial charge in [0.05, 0.1) is 19.6 Å². The highest BCUT2D eigenvalue weighted by molar-refractivity contribution is 7.87. The lowest BCUT2D eigenvalue weighted by atomic mass is 10.3. The first-order valence-corrected chi connectivity index (χ1v) is 8.33. The van der Waals surface area contributed by atoms with Gasteiger partial charge in [-0.3, -0.25) is 14.1 Å². The number of carbonyl (C=O) groups is 2. The van der Waals surface area contributed by atoms with E-state index in [1.165, 1.54) is 0 Å². The van der Waals surface area contributed by atoms with Crippen LogP contribution in [0.5, 0.6) is 0 Å². The number of esters is 2. The summed E-state index contributed by atoms with van der Waals surface area (Å²) in [7, 11) is -4.80. The monoisotopic (exact) mass is 342 g/mol. The molecule has 0 aromatic rings. The van der Waals surface area contributed by atoms with Crippen LogP contribution >= 0.6 is 0 Å². The fraction of sp³-hybridized carbons (Fsp3) is 0.833. The lowest BCUT2D eigenvalue weighted by Gasteiger charge is -2.13. The van der Waals surface area contributed by atoms with Gasteiger partial charge in [-0.2, -0.15) is 8.42 Å². The molecule has 0 spiro atoms. The molecular formula is C12H22O9S. The van der Waals surface area contributed by atoms with E-state index in [9.17, 15) is 18.0 Å². The lowest BCUT2D eigenvalue weighted by Crippen LogP contribution is -2.34. The number of ether oxygens (including phenoxy) is 2. The van der Waals surface area contributed by atoms with E-state index in [4.69, 9.17) is 19.5 Å². The van der Waals surface area contributed by atoms with Crippen LogP contribution in [0.3, 0.4) is 0 Å². The van der Waals surface area contributed by atoms with Crippen LogP contribution in [0, 0.1) is 0 Å². The molecule has 0 heterocycles. The third kappa shape index (κ3) is 9.66. The molecule has 22 heavy (non-hydrogen) atoms.